The maximum atomic E-state index is 12.9. The molecule has 0 spiro atoms. The van der Waals surface area contributed by atoms with Crippen LogP contribution in [0.5, 0.6) is 0 Å². The van der Waals surface area contributed by atoms with Gasteiger partial charge in [-0.2, -0.15) is 5.26 Å². The van der Waals surface area contributed by atoms with Crippen molar-refractivity contribution in [1.82, 2.24) is 20.1 Å². The van der Waals surface area contributed by atoms with Gasteiger partial charge in [-0.3, -0.25) is 15.2 Å². The summed E-state index contributed by atoms with van der Waals surface area (Å²) in [7, 11) is 1.63. The summed E-state index contributed by atoms with van der Waals surface area (Å²) in [6, 6.07) is 10.7. The SMILES string of the molecule is COCC(NC(O)c1ccc(-n2[nH]cc(-c3ccc(C#N)cc3C)c2=O)nc1)C(C)C. The van der Waals surface area contributed by atoms with E-state index in [2.05, 4.69) is 35.3 Å². The van der Waals surface area contributed by atoms with Gasteiger partial charge < -0.3 is 9.84 Å². The number of ether oxygens (including phenoxy) is 1. The molecule has 162 valence electrons. The van der Waals surface area contributed by atoms with E-state index in [0.29, 0.717) is 29.1 Å². The minimum atomic E-state index is -0.902. The number of aliphatic hydroxyl groups is 1. The number of rotatable bonds is 8. The predicted molar refractivity (Wildman–Crippen MR) is 118 cm³/mol. The summed E-state index contributed by atoms with van der Waals surface area (Å²) in [4.78, 5) is 17.3. The molecule has 0 aliphatic carbocycles. The van der Waals surface area contributed by atoms with Gasteiger partial charge in [-0.15, -0.1) is 0 Å². The van der Waals surface area contributed by atoms with Gasteiger partial charge in [0, 0.05) is 31.1 Å². The number of aromatic nitrogens is 3. The molecule has 3 rings (SSSR count). The minimum absolute atomic E-state index is 0.0103. The molecule has 0 aliphatic rings. The van der Waals surface area contributed by atoms with Crippen LogP contribution in [0, 0.1) is 24.2 Å². The molecule has 0 saturated carbocycles. The molecule has 2 unspecified atom stereocenters. The van der Waals surface area contributed by atoms with Crippen LogP contribution in [0.1, 0.15) is 36.8 Å². The number of aromatic amines is 1. The zero-order valence-corrected chi connectivity index (χ0v) is 18.1. The monoisotopic (exact) mass is 421 g/mol. The van der Waals surface area contributed by atoms with Crippen LogP contribution >= 0.6 is 0 Å². The van der Waals surface area contributed by atoms with Gasteiger partial charge in [-0.25, -0.2) is 9.67 Å². The Morgan fingerprint density at radius 2 is 2.06 bits per heavy atom. The van der Waals surface area contributed by atoms with Crippen LogP contribution in [0.15, 0.2) is 47.5 Å². The number of methoxy groups -OCH3 is 1. The third kappa shape index (κ3) is 4.91. The van der Waals surface area contributed by atoms with Crippen molar-refractivity contribution in [1.29, 1.82) is 5.26 Å². The Morgan fingerprint density at radius 1 is 1.29 bits per heavy atom. The quantitative estimate of drug-likeness (QED) is 0.482. The summed E-state index contributed by atoms with van der Waals surface area (Å²) < 4.78 is 6.55. The Hall–Kier alpha value is -3.25. The summed E-state index contributed by atoms with van der Waals surface area (Å²) in [5, 5.41) is 25.6. The van der Waals surface area contributed by atoms with Gasteiger partial charge >= 0.3 is 0 Å². The third-order valence-electron chi connectivity index (χ3n) is 5.26. The van der Waals surface area contributed by atoms with E-state index >= 15 is 0 Å². The number of aliphatic hydroxyl groups excluding tert-OH is 1. The Balaban J connectivity index is 1.82. The maximum Gasteiger partial charge on any atom is 0.280 e. The van der Waals surface area contributed by atoms with Gasteiger partial charge in [0.1, 0.15) is 6.23 Å². The summed E-state index contributed by atoms with van der Waals surface area (Å²) >= 11 is 0. The van der Waals surface area contributed by atoms with Crippen molar-refractivity contribution in [2.45, 2.75) is 33.0 Å². The highest BCUT2D eigenvalue weighted by molar-refractivity contribution is 5.67. The highest BCUT2D eigenvalue weighted by Crippen LogP contribution is 2.21. The number of H-pyrrole nitrogens is 1. The third-order valence-corrected chi connectivity index (χ3v) is 5.26. The Bertz CT molecular complexity index is 1130. The predicted octanol–water partition coefficient (Wildman–Crippen LogP) is 2.66. The van der Waals surface area contributed by atoms with E-state index in [9.17, 15) is 9.90 Å². The van der Waals surface area contributed by atoms with Crippen molar-refractivity contribution < 1.29 is 9.84 Å². The van der Waals surface area contributed by atoms with Crippen molar-refractivity contribution in [2.75, 3.05) is 13.7 Å². The molecule has 2 aromatic heterocycles. The normalized spacial score (nSPS) is 13.2. The molecule has 2 atom stereocenters. The van der Waals surface area contributed by atoms with E-state index in [1.807, 2.05) is 6.92 Å². The Labute approximate surface area is 181 Å². The minimum Gasteiger partial charge on any atom is -0.383 e. The molecule has 3 N–H and O–H groups in total. The highest BCUT2D eigenvalue weighted by atomic mass is 16.5. The van der Waals surface area contributed by atoms with E-state index in [4.69, 9.17) is 10.00 Å². The van der Waals surface area contributed by atoms with Crippen LogP contribution < -0.4 is 10.9 Å². The van der Waals surface area contributed by atoms with E-state index in [1.165, 1.54) is 10.9 Å². The number of nitrogens with one attached hydrogen (secondary N) is 2. The standard InChI is InChI=1S/C23H27N5O3/c1-14(2)20(13-31-4)27-22(29)17-6-8-21(25-11-17)28-23(30)19(12-26-28)18-7-5-16(10-24)9-15(18)3/h5-9,11-12,14,20,22,26-27,29H,13H2,1-4H3. The lowest BCUT2D eigenvalue weighted by molar-refractivity contribution is 0.0752. The second kappa shape index (κ2) is 9.71. The van der Waals surface area contributed by atoms with Crippen LogP contribution in [0.2, 0.25) is 0 Å². The first kappa shape index (κ1) is 22.4. The van der Waals surface area contributed by atoms with Gasteiger partial charge in [0.2, 0.25) is 0 Å². The summed E-state index contributed by atoms with van der Waals surface area (Å²) in [6.45, 7) is 6.45. The average Bonchev–Trinajstić information content (AvgIpc) is 3.14. The first-order valence-corrected chi connectivity index (χ1v) is 10.1. The molecule has 31 heavy (non-hydrogen) atoms. The van der Waals surface area contributed by atoms with Crippen LogP contribution in [0.25, 0.3) is 16.9 Å². The zero-order valence-electron chi connectivity index (χ0n) is 18.1. The fraction of sp³-hybridized carbons (Fsp3) is 0.348. The van der Waals surface area contributed by atoms with Crippen molar-refractivity contribution >= 4 is 0 Å². The smallest absolute Gasteiger partial charge is 0.280 e. The second-order valence-corrected chi connectivity index (χ2v) is 7.79. The highest BCUT2D eigenvalue weighted by Gasteiger charge is 2.19. The molecular formula is C23H27N5O3. The molecule has 3 aromatic rings. The average molecular weight is 422 g/mol. The van der Waals surface area contributed by atoms with Crippen molar-refractivity contribution in [3.63, 3.8) is 0 Å². The van der Waals surface area contributed by atoms with Gasteiger partial charge in [0.15, 0.2) is 5.82 Å². The number of benzene rings is 1. The Kier molecular flexibility index (Phi) is 7.02. The topological polar surface area (TPSA) is 116 Å². The van der Waals surface area contributed by atoms with Gasteiger partial charge in [-0.1, -0.05) is 19.9 Å². The molecular weight excluding hydrogens is 394 g/mol. The molecule has 0 bridgehead atoms. The fourth-order valence-corrected chi connectivity index (χ4v) is 3.37. The van der Waals surface area contributed by atoms with Crippen molar-refractivity contribution in [2.24, 2.45) is 5.92 Å². The molecule has 2 heterocycles. The Morgan fingerprint density at radius 3 is 2.65 bits per heavy atom. The molecule has 0 saturated heterocycles. The van der Waals surface area contributed by atoms with E-state index < -0.39 is 6.23 Å². The lowest BCUT2D eigenvalue weighted by Gasteiger charge is -2.25. The van der Waals surface area contributed by atoms with E-state index in [-0.39, 0.29) is 17.5 Å². The van der Waals surface area contributed by atoms with Crippen LogP contribution in [-0.2, 0) is 4.74 Å². The number of pyridine rings is 1. The van der Waals surface area contributed by atoms with E-state index in [1.54, 1.807) is 43.6 Å². The lowest BCUT2D eigenvalue weighted by Crippen LogP contribution is -2.40. The van der Waals surface area contributed by atoms with E-state index in [0.717, 1.165) is 11.1 Å². The zero-order chi connectivity index (χ0) is 22.5. The molecule has 0 aliphatic heterocycles. The number of hydrogen-bond donors (Lipinski definition) is 3. The number of nitriles is 1. The van der Waals surface area contributed by atoms with Crippen LogP contribution in [0.4, 0.5) is 0 Å². The van der Waals surface area contributed by atoms with Crippen LogP contribution in [-0.4, -0.2) is 39.6 Å². The molecule has 0 amide bonds. The van der Waals surface area contributed by atoms with Crippen molar-refractivity contribution in [3.05, 3.63) is 69.8 Å². The number of hydrogen-bond acceptors (Lipinski definition) is 6. The van der Waals surface area contributed by atoms with Crippen molar-refractivity contribution in [3.8, 4) is 23.0 Å². The molecule has 1 aromatic carbocycles. The van der Waals surface area contributed by atoms with Crippen LogP contribution in [0.3, 0.4) is 0 Å². The molecule has 0 fully saturated rings. The maximum absolute atomic E-state index is 12.9. The largest absolute Gasteiger partial charge is 0.383 e. The van der Waals surface area contributed by atoms with Gasteiger partial charge in [-0.05, 0) is 48.2 Å². The molecule has 0 radical (unpaired) electrons. The second-order valence-electron chi connectivity index (χ2n) is 7.79. The molecule has 8 heteroatoms. The molecule has 8 nitrogen and oxygen atoms in total. The van der Waals surface area contributed by atoms with Gasteiger partial charge in [0.05, 0.1) is 23.8 Å². The summed E-state index contributed by atoms with van der Waals surface area (Å²) in [5.41, 5.74) is 2.99. The number of nitrogens with zero attached hydrogens (tertiary/aromatic N) is 3. The lowest BCUT2D eigenvalue weighted by atomic mass is 10.0. The fourth-order valence-electron chi connectivity index (χ4n) is 3.37. The summed E-state index contributed by atoms with van der Waals surface area (Å²) in [5.74, 6) is 0.694. The summed E-state index contributed by atoms with van der Waals surface area (Å²) in [6.07, 6.45) is 2.26. The first-order valence-electron chi connectivity index (χ1n) is 10.1. The number of aryl methyl sites for hydroxylation is 1. The first-order chi connectivity index (χ1) is 14.8. The van der Waals surface area contributed by atoms with Gasteiger partial charge in [0.25, 0.3) is 5.56 Å².